The van der Waals surface area contributed by atoms with E-state index < -0.39 is 46.8 Å². The third-order valence-corrected chi connectivity index (χ3v) is 14.9. The first-order chi connectivity index (χ1) is 34.3. The van der Waals surface area contributed by atoms with Crippen molar-refractivity contribution in [1.82, 2.24) is 53.9 Å². The van der Waals surface area contributed by atoms with Crippen LogP contribution in [0.5, 0.6) is 11.5 Å². The minimum atomic E-state index is -2.96. The molecule has 19 nitrogen and oxygen atoms in total. The van der Waals surface area contributed by atoms with E-state index in [4.69, 9.17) is 14.5 Å². The highest BCUT2D eigenvalue weighted by molar-refractivity contribution is 6.76. The van der Waals surface area contributed by atoms with Gasteiger partial charge in [-0.3, -0.25) is 14.2 Å². The average molecular weight is 1050 g/mol. The Morgan fingerprint density at radius 3 is 1.52 bits per heavy atom. The molecule has 73 heavy (non-hydrogen) atoms. The van der Waals surface area contributed by atoms with Crippen LogP contribution < -0.4 is 14.8 Å². The average Bonchev–Trinajstić information content (AvgIpc) is 4.05. The third kappa shape index (κ3) is 13.1. The van der Waals surface area contributed by atoms with Gasteiger partial charge in [-0.05, 0) is 62.3 Å². The molecule has 0 bridgehead atoms. The van der Waals surface area contributed by atoms with Crippen molar-refractivity contribution in [3.05, 3.63) is 72.3 Å². The Hall–Kier alpha value is -6.81. The molecule has 2 aromatic carbocycles. The molecule has 1 amide bonds. The van der Waals surface area contributed by atoms with Crippen LogP contribution in [0.15, 0.2) is 61.2 Å². The van der Waals surface area contributed by atoms with Crippen LogP contribution in [-0.4, -0.2) is 125 Å². The molecule has 0 radical (unpaired) electrons. The van der Waals surface area contributed by atoms with E-state index >= 15 is 0 Å². The smallest absolute Gasteiger partial charge is 0.387 e. The number of aliphatic hydroxyl groups is 1. The Morgan fingerprint density at radius 2 is 1.12 bits per heavy atom. The number of carbonyl (C=O) groups is 2. The normalized spacial score (nSPS) is 12.4. The van der Waals surface area contributed by atoms with Gasteiger partial charge in [-0.25, -0.2) is 24.7 Å². The quantitative estimate of drug-likeness (QED) is 0.0369. The molecule has 8 aromatic rings. The summed E-state index contributed by atoms with van der Waals surface area (Å²) in [6, 6.07) is 11.0. The standard InChI is InChI=1S/C26H34F2N6O4Si.C22H25F2N5O4Si/c1-26(2,14-35)31-24(36)18-13-34(15-37-9-10-39(4,5)6)23-22(18)30-19(12-29-23)21-17-11-16(38-25(27)28)7-8-20(17)33(3)32-21;1-28-17-6-5-13(33-22(23)24)9-14(17)18(27-28)16-10-25-20-19(26-16)15(21(30)31)11-29(20)12-32-7-8-34(2,3)4/h7-8,11-13,25,35H,9-10,14-15H2,1-6H3,(H,31,36);5-6,9-11,22H,7-8,12H2,1-4H3,(H,30,31). The molecule has 8 rings (SSSR count). The van der Waals surface area contributed by atoms with Gasteiger partial charge in [0.05, 0.1) is 41.1 Å². The number of hydrogen-bond acceptors (Lipinski definition) is 13. The van der Waals surface area contributed by atoms with Gasteiger partial charge in [-0.1, -0.05) is 39.3 Å². The van der Waals surface area contributed by atoms with E-state index in [1.807, 2.05) is 0 Å². The van der Waals surface area contributed by atoms with E-state index in [-0.39, 0.29) is 48.2 Å². The number of hydrogen-bond donors (Lipinski definition) is 3. The molecule has 0 fully saturated rings. The summed E-state index contributed by atoms with van der Waals surface area (Å²) in [5.74, 6) is -1.59. The number of nitrogens with one attached hydrogen (secondary N) is 1. The Labute approximate surface area is 419 Å². The number of carbonyl (C=O) groups excluding carboxylic acids is 1. The van der Waals surface area contributed by atoms with E-state index in [9.17, 15) is 37.4 Å². The van der Waals surface area contributed by atoms with Gasteiger partial charge in [0.2, 0.25) is 0 Å². The number of carboxylic acids is 1. The second-order valence-corrected chi connectivity index (χ2v) is 31.7. The molecule has 0 aliphatic carbocycles. The van der Waals surface area contributed by atoms with Crippen LogP contribution in [0.25, 0.3) is 66.9 Å². The number of benzene rings is 2. The van der Waals surface area contributed by atoms with Gasteiger partial charge in [0, 0.05) is 66.6 Å². The highest BCUT2D eigenvalue weighted by Crippen LogP contribution is 2.34. The lowest BCUT2D eigenvalue weighted by Gasteiger charge is -2.23. The van der Waals surface area contributed by atoms with Gasteiger partial charge in [0.25, 0.3) is 5.91 Å². The van der Waals surface area contributed by atoms with Gasteiger partial charge in [-0.2, -0.15) is 27.8 Å². The van der Waals surface area contributed by atoms with Crippen molar-refractivity contribution in [1.29, 1.82) is 0 Å². The molecule has 6 aromatic heterocycles. The first-order valence-corrected chi connectivity index (χ1v) is 30.6. The molecule has 3 N–H and O–H groups in total. The SMILES string of the molecule is Cn1nc(-c2cnc3c(n2)c(C(=O)NC(C)(C)CO)cn3COCC[Si](C)(C)C)c2cc(OC(F)F)ccc21.Cn1nc(-c2cnc3c(n2)c(C(=O)O)cn3COCC[Si](C)(C)C)c2cc(OC(F)F)ccc21. The lowest BCUT2D eigenvalue weighted by atomic mass is 10.1. The van der Waals surface area contributed by atoms with Gasteiger partial charge in [-0.15, -0.1) is 0 Å². The zero-order valence-corrected chi connectivity index (χ0v) is 44.2. The second-order valence-electron chi connectivity index (χ2n) is 20.4. The first-order valence-electron chi connectivity index (χ1n) is 23.2. The maximum absolute atomic E-state index is 13.3. The van der Waals surface area contributed by atoms with Gasteiger partial charge in [0.1, 0.15) is 64.3 Å². The number of halogens is 4. The van der Waals surface area contributed by atoms with Gasteiger partial charge < -0.3 is 43.6 Å². The largest absolute Gasteiger partial charge is 0.478 e. The fourth-order valence-corrected chi connectivity index (χ4v) is 9.08. The molecule has 0 aliphatic heterocycles. The van der Waals surface area contributed by atoms with Crippen molar-refractivity contribution in [3.63, 3.8) is 0 Å². The number of alkyl halides is 4. The highest BCUT2D eigenvalue weighted by atomic mass is 28.3. The Morgan fingerprint density at radius 1 is 0.699 bits per heavy atom. The number of amides is 1. The molecule has 0 unspecified atom stereocenters. The minimum absolute atomic E-state index is 0.00583. The number of aryl methyl sites for hydroxylation is 2. The zero-order chi connectivity index (χ0) is 53.2. The van der Waals surface area contributed by atoms with Crippen molar-refractivity contribution in [2.75, 3.05) is 19.8 Å². The predicted octanol–water partition coefficient (Wildman–Crippen LogP) is 9.00. The molecule has 6 heterocycles. The number of carboxylic acid groups (broad SMARTS) is 1. The van der Waals surface area contributed by atoms with E-state index in [1.54, 1.807) is 64.8 Å². The summed E-state index contributed by atoms with van der Waals surface area (Å²) < 4.78 is 78.3. The number of fused-ring (bicyclic) bond motifs is 4. The highest BCUT2D eigenvalue weighted by Gasteiger charge is 2.27. The summed E-state index contributed by atoms with van der Waals surface area (Å²) in [7, 11) is 0.905. The lowest BCUT2D eigenvalue weighted by molar-refractivity contribution is -0.0504. The van der Waals surface area contributed by atoms with E-state index in [2.05, 4.69) is 79.2 Å². The van der Waals surface area contributed by atoms with Crippen LogP contribution in [0.4, 0.5) is 17.6 Å². The molecule has 25 heteroatoms. The topological polar surface area (TPSA) is 221 Å². The van der Waals surface area contributed by atoms with Crippen LogP contribution in [0.1, 0.15) is 34.6 Å². The molecular weight excluding hydrogens is 991 g/mol. The van der Waals surface area contributed by atoms with Crippen LogP contribution in [0.3, 0.4) is 0 Å². The summed E-state index contributed by atoms with van der Waals surface area (Å²) >= 11 is 0. The van der Waals surface area contributed by atoms with E-state index in [0.717, 1.165) is 12.1 Å². The van der Waals surface area contributed by atoms with Crippen molar-refractivity contribution in [3.8, 4) is 34.3 Å². The number of aromatic carboxylic acids is 1. The lowest BCUT2D eigenvalue weighted by Crippen LogP contribution is -2.46. The minimum Gasteiger partial charge on any atom is -0.478 e. The maximum atomic E-state index is 13.3. The van der Waals surface area contributed by atoms with Crippen molar-refractivity contribution < 1.29 is 56.3 Å². The summed E-state index contributed by atoms with van der Waals surface area (Å²) in [5, 5.41) is 32.2. The van der Waals surface area contributed by atoms with Crippen LogP contribution in [0.2, 0.25) is 51.4 Å². The molecule has 0 atom stereocenters. The molecule has 390 valence electrons. The number of rotatable bonds is 20. The van der Waals surface area contributed by atoms with Crippen molar-refractivity contribution in [2.24, 2.45) is 14.1 Å². The fourth-order valence-electron chi connectivity index (χ4n) is 7.57. The van der Waals surface area contributed by atoms with Crippen LogP contribution in [0, 0.1) is 0 Å². The van der Waals surface area contributed by atoms with Crippen molar-refractivity contribution in [2.45, 2.75) is 97.4 Å². The number of ether oxygens (including phenoxy) is 4. The summed E-state index contributed by atoms with van der Waals surface area (Å²) in [6.07, 6.45) is 6.10. The van der Waals surface area contributed by atoms with Gasteiger partial charge >= 0.3 is 19.2 Å². The Bertz CT molecular complexity index is 3290. The maximum Gasteiger partial charge on any atom is 0.387 e. The number of aromatic nitrogens is 10. The Kier molecular flexibility index (Phi) is 16.1. The van der Waals surface area contributed by atoms with E-state index in [0.29, 0.717) is 74.6 Å². The van der Waals surface area contributed by atoms with Gasteiger partial charge in [0.15, 0.2) is 11.3 Å². The van der Waals surface area contributed by atoms with Crippen LogP contribution >= 0.6 is 0 Å². The van der Waals surface area contributed by atoms with Crippen LogP contribution in [-0.2, 0) is 37.0 Å². The zero-order valence-electron chi connectivity index (χ0n) is 42.2. The molecule has 0 spiro atoms. The molecule has 0 aliphatic rings. The first kappa shape index (κ1) is 54.0. The third-order valence-electron chi connectivity index (χ3n) is 11.5. The van der Waals surface area contributed by atoms with Crippen molar-refractivity contribution >= 4 is 72.2 Å². The fraction of sp³-hybridized carbons (Fsp3) is 0.417. The van der Waals surface area contributed by atoms with E-state index in [1.165, 1.54) is 42.9 Å². The molecular formula is C48H59F4N11O8Si2. The summed E-state index contributed by atoms with van der Waals surface area (Å²) in [6.45, 7) is 12.3. The molecule has 0 saturated heterocycles. The Balaban J connectivity index is 0.000000216. The molecule has 0 saturated carbocycles. The predicted molar refractivity (Wildman–Crippen MR) is 272 cm³/mol. The number of aliphatic hydroxyl groups excluding tert-OH is 1. The summed E-state index contributed by atoms with van der Waals surface area (Å²) in [5.41, 5.74) is 3.53. The monoisotopic (exact) mass is 1050 g/mol. The second kappa shape index (κ2) is 21.7. The number of nitrogens with zero attached hydrogens (tertiary/aromatic N) is 10. The summed E-state index contributed by atoms with van der Waals surface area (Å²) in [4.78, 5) is 43.5.